The Balaban J connectivity index is 2.00. The van der Waals surface area contributed by atoms with Crippen molar-refractivity contribution in [3.05, 3.63) is 84.0 Å². The zero-order valence-corrected chi connectivity index (χ0v) is 22.6. The first-order chi connectivity index (χ1) is 17.8. The summed E-state index contributed by atoms with van der Waals surface area (Å²) in [6.45, 7) is 7.88. The fourth-order valence-electron chi connectivity index (χ4n) is 4.44. The van der Waals surface area contributed by atoms with Crippen LogP contribution in [-0.4, -0.2) is 38.0 Å². The number of aryl methyl sites for hydroxylation is 1. The third kappa shape index (κ3) is 4.91. The maximum atomic E-state index is 13.9. The van der Waals surface area contributed by atoms with E-state index in [0.717, 1.165) is 16.9 Å². The number of carbonyl (C=O) groups is 1. The minimum absolute atomic E-state index is 0.194. The summed E-state index contributed by atoms with van der Waals surface area (Å²) in [5, 5.41) is 0. The van der Waals surface area contributed by atoms with Crippen molar-refractivity contribution in [2.45, 2.75) is 33.7 Å². The zero-order valence-electron chi connectivity index (χ0n) is 21.8. The topological polar surface area (TPSA) is 88.4 Å². The van der Waals surface area contributed by atoms with Gasteiger partial charge in [-0.1, -0.05) is 29.5 Å². The van der Waals surface area contributed by atoms with Gasteiger partial charge in [0, 0.05) is 5.56 Å². The predicted molar refractivity (Wildman–Crippen MR) is 142 cm³/mol. The van der Waals surface area contributed by atoms with Gasteiger partial charge in [-0.15, -0.1) is 0 Å². The fourth-order valence-corrected chi connectivity index (χ4v) is 5.48. The molecule has 0 aliphatic carbocycles. The van der Waals surface area contributed by atoms with Crippen molar-refractivity contribution in [3.63, 3.8) is 0 Å². The van der Waals surface area contributed by atoms with E-state index >= 15 is 0 Å². The molecule has 3 aromatic rings. The van der Waals surface area contributed by atoms with E-state index in [2.05, 4.69) is 4.99 Å². The monoisotopic (exact) mass is 522 g/mol. The summed E-state index contributed by atoms with van der Waals surface area (Å²) in [5.74, 6) is 1.22. The van der Waals surface area contributed by atoms with Gasteiger partial charge < -0.3 is 18.9 Å². The number of ether oxygens (including phenoxy) is 4. The van der Waals surface area contributed by atoms with Crippen LogP contribution >= 0.6 is 11.3 Å². The molecular formula is C28H30N2O6S. The summed E-state index contributed by atoms with van der Waals surface area (Å²) in [4.78, 5) is 32.2. The lowest BCUT2D eigenvalue weighted by molar-refractivity contribution is -0.139. The number of hydrogen-bond acceptors (Lipinski definition) is 8. The summed E-state index contributed by atoms with van der Waals surface area (Å²) >= 11 is 1.27. The van der Waals surface area contributed by atoms with Gasteiger partial charge in [-0.3, -0.25) is 9.36 Å². The normalized spacial score (nSPS) is 15.2. The molecule has 2 heterocycles. The first kappa shape index (κ1) is 26.2. The Hall–Kier alpha value is -3.85. The molecule has 0 saturated heterocycles. The third-order valence-electron chi connectivity index (χ3n) is 6.05. The Kier molecular flexibility index (Phi) is 7.83. The smallest absolute Gasteiger partial charge is 0.338 e. The number of para-hydroxylation sites is 1. The van der Waals surface area contributed by atoms with Crippen LogP contribution in [0.5, 0.6) is 17.2 Å². The molecule has 0 bridgehead atoms. The first-order valence-electron chi connectivity index (χ1n) is 12.0. The number of thiazole rings is 1. The fraction of sp³-hybridized carbons (Fsp3) is 0.321. The van der Waals surface area contributed by atoms with E-state index in [0.29, 0.717) is 38.7 Å². The van der Waals surface area contributed by atoms with Crippen LogP contribution in [0.25, 0.3) is 6.08 Å². The molecule has 2 aromatic carbocycles. The number of aromatic nitrogens is 1. The minimum Gasteiger partial charge on any atom is -0.496 e. The molecule has 194 valence electrons. The number of esters is 1. The molecule has 1 aliphatic heterocycles. The van der Waals surface area contributed by atoms with Crippen molar-refractivity contribution in [2.24, 2.45) is 4.99 Å². The second-order valence-electron chi connectivity index (χ2n) is 8.34. The van der Waals surface area contributed by atoms with Gasteiger partial charge in [0.2, 0.25) is 0 Å². The van der Waals surface area contributed by atoms with Crippen LogP contribution in [0.1, 0.15) is 43.5 Å². The molecule has 4 rings (SSSR count). The number of methoxy groups -OCH3 is 2. The van der Waals surface area contributed by atoms with Gasteiger partial charge in [0.25, 0.3) is 5.56 Å². The summed E-state index contributed by atoms with van der Waals surface area (Å²) in [5.41, 5.74) is 2.95. The van der Waals surface area contributed by atoms with Gasteiger partial charge in [0.15, 0.2) is 16.3 Å². The molecule has 1 aromatic heterocycles. The second kappa shape index (κ2) is 11.0. The van der Waals surface area contributed by atoms with E-state index < -0.39 is 12.0 Å². The molecule has 0 amide bonds. The van der Waals surface area contributed by atoms with E-state index in [9.17, 15) is 9.59 Å². The number of fused-ring (bicyclic) bond motifs is 1. The van der Waals surface area contributed by atoms with Gasteiger partial charge in [0.1, 0.15) is 11.8 Å². The molecule has 0 N–H and O–H groups in total. The molecule has 1 aliphatic rings. The summed E-state index contributed by atoms with van der Waals surface area (Å²) in [7, 11) is 3.18. The molecule has 0 spiro atoms. The molecular weight excluding hydrogens is 492 g/mol. The van der Waals surface area contributed by atoms with Crippen molar-refractivity contribution in [1.82, 2.24) is 4.57 Å². The summed E-state index contributed by atoms with van der Waals surface area (Å²) < 4.78 is 24.3. The SMILES string of the molecule is CCOC(=O)C1=C(C)N=c2s/c(=C/c3ccc(OC)c(C)c3)c(=O)n2[C@@H]1c1cccc(OC)c1OCC. The summed E-state index contributed by atoms with van der Waals surface area (Å²) in [6.07, 6.45) is 1.83. The lowest BCUT2D eigenvalue weighted by Crippen LogP contribution is -2.40. The Morgan fingerprint density at radius 2 is 1.84 bits per heavy atom. The van der Waals surface area contributed by atoms with Crippen molar-refractivity contribution in [3.8, 4) is 17.2 Å². The van der Waals surface area contributed by atoms with Crippen LogP contribution in [0.15, 0.2) is 57.5 Å². The maximum absolute atomic E-state index is 13.9. The van der Waals surface area contributed by atoms with Gasteiger partial charge in [-0.05, 0) is 63.1 Å². The van der Waals surface area contributed by atoms with Gasteiger partial charge in [0.05, 0.1) is 43.2 Å². The second-order valence-corrected chi connectivity index (χ2v) is 9.35. The standard InChI is InChI=1S/C28H30N2O6S/c1-7-35-25-19(10-9-11-21(25)34-6)24-23(27(32)36-8-2)17(4)29-28-30(24)26(31)22(37-28)15-18-12-13-20(33-5)16(3)14-18/h9-15,24H,7-8H2,1-6H3/b22-15+/t24-/m1/s1. The summed E-state index contributed by atoms with van der Waals surface area (Å²) in [6, 6.07) is 10.3. The average Bonchev–Trinajstić information content (AvgIpc) is 3.18. The van der Waals surface area contributed by atoms with E-state index in [1.165, 1.54) is 11.3 Å². The van der Waals surface area contributed by atoms with Gasteiger partial charge >= 0.3 is 5.97 Å². The number of rotatable bonds is 8. The lowest BCUT2D eigenvalue weighted by atomic mass is 9.94. The quantitative estimate of drug-likeness (QED) is 0.421. The van der Waals surface area contributed by atoms with Crippen molar-refractivity contribution in [2.75, 3.05) is 27.4 Å². The first-order valence-corrected chi connectivity index (χ1v) is 12.8. The van der Waals surface area contributed by atoms with Crippen LogP contribution in [0.2, 0.25) is 0 Å². The molecule has 0 saturated carbocycles. The largest absolute Gasteiger partial charge is 0.496 e. The maximum Gasteiger partial charge on any atom is 0.338 e. The number of carbonyl (C=O) groups excluding carboxylic acids is 1. The minimum atomic E-state index is -0.799. The van der Waals surface area contributed by atoms with Gasteiger partial charge in [-0.2, -0.15) is 0 Å². The van der Waals surface area contributed by atoms with Crippen molar-refractivity contribution in [1.29, 1.82) is 0 Å². The van der Waals surface area contributed by atoms with Crippen molar-refractivity contribution < 1.29 is 23.7 Å². The number of benzene rings is 2. The molecule has 0 unspecified atom stereocenters. The number of hydrogen-bond donors (Lipinski definition) is 0. The van der Waals surface area contributed by atoms with Crippen LogP contribution in [0.3, 0.4) is 0 Å². The Morgan fingerprint density at radius 3 is 2.49 bits per heavy atom. The van der Waals surface area contributed by atoms with E-state index in [-0.39, 0.29) is 17.7 Å². The highest BCUT2D eigenvalue weighted by molar-refractivity contribution is 7.07. The highest BCUT2D eigenvalue weighted by atomic mass is 32.1. The lowest BCUT2D eigenvalue weighted by Gasteiger charge is -2.26. The third-order valence-corrected chi connectivity index (χ3v) is 7.03. The highest BCUT2D eigenvalue weighted by Gasteiger charge is 2.35. The number of allylic oxidation sites excluding steroid dienone is 1. The van der Waals surface area contributed by atoms with Crippen molar-refractivity contribution >= 4 is 23.4 Å². The van der Waals surface area contributed by atoms with Crippen LogP contribution < -0.4 is 29.1 Å². The Labute approximate surface area is 219 Å². The van der Waals surface area contributed by atoms with E-state index in [1.54, 1.807) is 38.7 Å². The predicted octanol–water partition coefficient (Wildman–Crippen LogP) is 3.52. The van der Waals surface area contributed by atoms with Gasteiger partial charge in [-0.25, -0.2) is 9.79 Å². The van der Waals surface area contributed by atoms with E-state index in [1.807, 2.05) is 50.3 Å². The van der Waals surface area contributed by atoms with Crippen LogP contribution in [0, 0.1) is 6.92 Å². The zero-order chi connectivity index (χ0) is 26.7. The highest BCUT2D eigenvalue weighted by Crippen LogP contribution is 2.40. The molecule has 9 heteroatoms. The molecule has 37 heavy (non-hydrogen) atoms. The molecule has 1 atom stereocenters. The Morgan fingerprint density at radius 1 is 1.08 bits per heavy atom. The van der Waals surface area contributed by atoms with Crippen LogP contribution in [0.4, 0.5) is 0 Å². The number of nitrogens with zero attached hydrogens (tertiary/aromatic N) is 2. The molecule has 0 radical (unpaired) electrons. The van der Waals surface area contributed by atoms with E-state index in [4.69, 9.17) is 18.9 Å². The molecule has 8 nitrogen and oxygen atoms in total. The average molecular weight is 523 g/mol. The molecule has 0 fully saturated rings. The Bertz CT molecular complexity index is 1550. The van der Waals surface area contributed by atoms with Crippen LogP contribution in [-0.2, 0) is 9.53 Å².